The van der Waals surface area contributed by atoms with E-state index in [1.807, 2.05) is 30.3 Å². The Kier molecular flexibility index (Phi) is 6.37. The monoisotopic (exact) mass is 460 g/mol. The van der Waals surface area contributed by atoms with Gasteiger partial charge in [-0.05, 0) is 52.7 Å². The predicted molar refractivity (Wildman–Crippen MR) is 126 cm³/mol. The van der Waals surface area contributed by atoms with Gasteiger partial charge < -0.3 is 8.92 Å². The van der Waals surface area contributed by atoms with Gasteiger partial charge in [0.25, 0.3) is 5.91 Å². The number of rotatable bonds is 7. The third-order valence-corrected chi connectivity index (χ3v) is 6.08. The molecule has 0 unspecified atom stereocenters. The Balaban J connectivity index is 1.53. The van der Waals surface area contributed by atoms with Crippen molar-refractivity contribution in [2.45, 2.75) is 4.90 Å². The third kappa shape index (κ3) is 5.02. The zero-order valence-corrected chi connectivity index (χ0v) is 18.5. The first kappa shape index (κ1) is 22.0. The fourth-order valence-electron chi connectivity index (χ4n) is 3.24. The van der Waals surface area contributed by atoms with Crippen molar-refractivity contribution in [3.8, 4) is 11.5 Å². The third-order valence-electron chi connectivity index (χ3n) is 4.83. The van der Waals surface area contributed by atoms with Crippen molar-refractivity contribution in [2.75, 3.05) is 7.11 Å². The lowest BCUT2D eigenvalue weighted by molar-refractivity contribution is 0.0957. The number of nitrogens with one attached hydrogen (secondary N) is 1. The van der Waals surface area contributed by atoms with Crippen LogP contribution in [0.25, 0.3) is 10.8 Å². The molecule has 1 amide bonds. The van der Waals surface area contributed by atoms with Crippen LogP contribution in [-0.4, -0.2) is 27.6 Å². The quantitative estimate of drug-likeness (QED) is 0.251. The summed E-state index contributed by atoms with van der Waals surface area (Å²) in [6.07, 6.45) is 1.39. The number of nitrogens with zero attached hydrogens (tertiary/aromatic N) is 1. The van der Waals surface area contributed by atoms with Crippen LogP contribution in [-0.2, 0) is 10.1 Å². The van der Waals surface area contributed by atoms with Crippen LogP contribution in [0.15, 0.2) is 101 Å². The molecule has 0 radical (unpaired) electrons. The summed E-state index contributed by atoms with van der Waals surface area (Å²) >= 11 is 0. The molecule has 4 rings (SSSR count). The van der Waals surface area contributed by atoms with Crippen LogP contribution in [0.3, 0.4) is 0 Å². The van der Waals surface area contributed by atoms with E-state index in [4.69, 9.17) is 8.92 Å². The van der Waals surface area contributed by atoms with Gasteiger partial charge in [0.2, 0.25) is 0 Å². The van der Waals surface area contributed by atoms with E-state index in [0.29, 0.717) is 11.1 Å². The Bertz CT molecular complexity index is 1430. The van der Waals surface area contributed by atoms with E-state index >= 15 is 0 Å². The highest BCUT2D eigenvalue weighted by Crippen LogP contribution is 2.30. The van der Waals surface area contributed by atoms with Gasteiger partial charge in [-0.15, -0.1) is 0 Å². The van der Waals surface area contributed by atoms with E-state index in [0.717, 1.165) is 10.8 Å². The van der Waals surface area contributed by atoms with E-state index in [2.05, 4.69) is 10.5 Å². The average Bonchev–Trinajstić information content (AvgIpc) is 2.84. The van der Waals surface area contributed by atoms with Crippen molar-refractivity contribution in [1.29, 1.82) is 0 Å². The fourth-order valence-corrected chi connectivity index (χ4v) is 4.19. The zero-order valence-electron chi connectivity index (χ0n) is 17.6. The summed E-state index contributed by atoms with van der Waals surface area (Å²) in [5.74, 6) is -0.114. The maximum absolute atomic E-state index is 12.6. The minimum atomic E-state index is -4.05. The van der Waals surface area contributed by atoms with Crippen LogP contribution < -0.4 is 14.3 Å². The van der Waals surface area contributed by atoms with E-state index < -0.39 is 10.1 Å². The number of amides is 1. The number of hydrazone groups is 1. The highest BCUT2D eigenvalue weighted by Gasteiger charge is 2.19. The van der Waals surface area contributed by atoms with Gasteiger partial charge in [-0.3, -0.25) is 4.79 Å². The molecule has 8 heteroatoms. The topological polar surface area (TPSA) is 94.1 Å². The van der Waals surface area contributed by atoms with Gasteiger partial charge in [0.1, 0.15) is 4.90 Å². The normalized spacial score (nSPS) is 11.4. The van der Waals surface area contributed by atoms with Gasteiger partial charge in [-0.2, -0.15) is 13.5 Å². The predicted octanol–water partition coefficient (Wildman–Crippen LogP) is 4.38. The molecule has 4 aromatic carbocycles. The molecule has 0 spiro atoms. The van der Waals surface area contributed by atoms with Crippen molar-refractivity contribution in [2.24, 2.45) is 5.10 Å². The van der Waals surface area contributed by atoms with Crippen LogP contribution in [0.5, 0.6) is 11.5 Å². The van der Waals surface area contributed by atoms with E-state index in [-0.39, 0.29) is 22.3 Å². The largest absolute Gasteiger partial charge is 0.493 e. The molecule has 0 heterocycles. The SMILES string of the molecule is COc1ccc(/C=N\NC(=O)c2cccc3ccccc23)cc1OS(=O)(=O)c1ccccc1. The van der Waals surface area contributed by atoms with Gasteiger partial charge in [0.15, 0.2) is 11.5 Å². The molecule has 0 bridgehead atoms. The smallest absolute Gasteiger partial charge is 0.339 e. The zero-order chi connectivity index (χ0) is 23.3. The molecule has 1 N–H and O–H groups in total. The van der Waals surface area contributed by atoms with Gasteiger partial charge >= 0.3 is 10.1 Å². The van der Waals surface area contributed by atoms with Crippen molar-refractivity contribution < 1.29 is 22.1 Å². The summed E-state index contributed by atoms with van der Waals surface area (Å²) in [7, 11) is -2.64. The first-order chi connectivity index (χ1) is 16.0. The molecule has 0 atom stereocenters. The molecule has 0 aliphatic carbocycles. The van der Waals surface area contributed by atoms with Crippen LogP contribution in [0.4, 0.5) is 0 Å². The molecule has 33 heavy (non-hydrogen) atoms. The van der Waals surface area contributed by atoms with Crippen molar-refractivity contribution in [3.05, 3.63) is 102 Å². The van der Waals surface area contributed by atoms with E-state index in [1.165, 1.54) is 31.5 Å². The summed E-state index contributed by atoms with van der Waals surface area (Å²) < 4.78 is 35.7. The molecule has 0 aromatic heterocycles. The highest BCUT2D eigenvalue weighted by molar-refractivity contribution is 7.87. The van der Waals surface area contributed by atoms with Crippen LogP contribution in [0.1, 0.15) is 15.9 Å². The standard InChI is InChI=1S/C25H20N2O5S/c1-31-23-15-14-18(16-24(23)32-33(29,30)20-10-3-2-4-11-20)17-26-27-25(28)22-13-7-9-19-8-5-6-12-21(19)22/h2-17H,1H3,(H,27,28)/b26-17-. The van der Waals surface area contributed by atoms with Gasteiger partial charge in [-0.1, -0.05) is 54.6 Å². The van der Waals surface area contributed by atoms with Crippen LogP contribution in [0, 0.1) is 0 Å². The molecular formula is C25H20N2O5S. The Morgan fingerprint density at radius 3 is 2.39 bits per heavy atom. The van der Waals surface area contributed by atoms with E-state index in [1.54, 1.807) is 42.5 Å². The minimum absolute atomic E-state index is 0.00526. The number of fused-ring (bicyclic) bond motifs is 1. The molecule has 0 aliphatic rings. The van der Waals surface area contributed by atoms with Crippen molar-refractivity contribution in [1.82, 2.24) is 5.43 Å². The number of methoxy groups -OCH3 is 1. The Labute approximate surface area is 191 Å². The van der Waals surface area contributed by atoms with Gasteiger partial charge in [0, 0.05) is 5.56 Å². The molecule has 0 saturated heterocycles. The second-order valence-electron chi connectivity index (χ2n) is 6.99. The summed E-state index contributed by atoms with van der Waals surface area (Å²) in [4.78, 5) is 12.6. The van der Waals surface area contributed by atoms with Gasteiger partial charge in [0.05, 0.1) is 13.3 Å². The Morgan fingerprint density at radius 1 is 0.879 bits per heavy atom. The second kappa shape index (κ2) is 9.54. The van der Waals surface area contributed by atoms with Crippen LogP contribution in [0.2, 0.25) is 0 Å². The van der Waals surface area contributed by atoms with Gasteiger partial charge in [-0.25, -0.2) is 5.43 Å². The Hall–Kier alpha value is -4.17. The molecule has 4 aromatic rings. The summed E-state index contributed by atoms with van der Waals surface area (Å²) in [5.41, 5.74) is 3.51. The lowest BCUT2D eigenvalue weighted by atomic mass is 10.0. The number of ether oxygens (including phenoxy) is 1. The van der Waals surface area contributed by atoms with E-state index in [9.17, 15) is 13.2 Å². The molecule has 0 saturated carbocycles. The summed E-state index contributed by atoms with van der Waals surface area (Å²) in [6.45, 7) is 0. The summed E-state index contributed by atoms with van der Waals surface area (Å²) in [5, 5.41) is 5.77. The molecule has 0 fully saturated rings. The fraction of sp³-hybridized carbons (Fsp3) is 0.0400. The maximum atomic E-state index is 12.6. The lowest BCUT2D eigenvalue weighted by Crippen LogP contribution is -2.18. The average molecular weight is 461 g/mol. The first-order valence-electron chi connectivity index (χ1n) is 9.97. The number of hydrogen-bond acceptors (Lipinski definition) is 6. The summed E-state index contributed by atoms with van der Waals surface area (Å²) in [6, 6.07) is 25.5. The lowest BCUT2D eigenvalue weighted by Gasteiger charge is -2.11. The second-order valence-corrected chi connectivity index (χ2v) is 8.53. The van der Waals surface area contributed by atoms with Crippen molar-refractivity contribution >= 4 is 33.0 Å². The minimum Gasteiger partial charge on any atom is -0.493 e. The molecule has 166 valence electrons. The Morgan fingerprint density at radius 2 is 1.61 bits per heavy atom. The van der Waals surface area contributed by atoms with Crippen LogP contribution >= 0.6 is 0 Å². The molecule has 7 nitrogen and oxygen atoms in total. The highest BCUT2D eigenvalue weighted by atomic mass is 32.2. The number of benzene rings is 4. The number of carbonyl (C=O) groups is 1. The first-order valence-corrected chi connectivity index (χ1v) is 11.4. The molecular weight excluding hydrogens is 440 g/mol. The van der Waals surface area contributed by atoms with Crippen molar-refractivity contribution in [3.63, 3.8) is 0 Å². The maximum Gasteiger partial charge on any atom is 0.339 e. The number of carbonyl (C=O) groups excluding carboxylic acids is 1. The number of hydrogen-bond donors (Lipinski definition) is 1. The molecule has 0 aliphatic heterocycles.